The van der Waals surface area contributed by atoms with Crippen LogP contribution in [0.2, 0.25) is 0 Å². The zero-order valence-corrected chi connectivity index (χ0v) is 18.1. The first kappa shape index (κ1) is 16.3. The van der Waals surface area contributed by atoms with Gasteiger partial charge in [0.1, 0.15) is 0 Å². The molecule has 1 saturated heterocycles. The molecule has 1 fully saturated rings. The SMILES string of the molecule is COc1ccccc1C[C]1=Cc2c3ccc[c]2[In]1/[C]3=C1\SC(=O)NC1=O. The van der Waals surface area contributed by atoms with Gasteiger partial charge in [0, 0.05) is 0 Å². The third kappa shape index (κ3) is 2.32. The number of carbonyl (C=O) groups excluding carboxylic acids is 2. The molecule has 0 radical (unpaired) electrons. The molecule has 4 nitrogen and oxygen atoms in total. The van der Waals surface area contributed by atoms with Crippen molar-refractivity contribution in [1.82, 2.24) is 5.32 Å². The van der Waals surface area contributed by atoms with Crippen molar-refractivity contribution in [3.05, 3.63) is 67.4 Å². The molecule has 3 aliphatic heterocycles. The molecular weight excluding hydrogens is 449 g/mol. The van der Waals surface area contributed by atoms with Gasteiger partial charge in [-0.3, -0.25) is 0 Å². The van der Waals surface area contributed by atoms with E-state index in [-0.39, 0.29) is 11.1 Å². The van der Waals surface area contributed by atoms with Gasteiger partial charge in [-0.05, 0) is 0 Å². The van der Waals surface area contributed by atoms with Gasteiger partial charge in [0.05, 0.1) is 0 Å². The van der Waals surface area contributed by atoms with E-state index in [2.05, 4.69) is 35.7 Å². The summed E-state index contributed by atoms with van der Waals surface area (Å²) < 4.78 is 9.57. The van der Waals surface area contributed by atoms with Gasteiger partial charge in [0.2, 0.25) is 0 Å². The van der Waals surface area contributed by atoms with E-state index in [1.165, 1.54) is 26.7 Å². The average Bonchev–Trinajstić information content (AvgIpc) is 3.21. The predicted octanol–water partition coefficient (Wildman–Crippen LogP) is 2.82. The number of allylic oxidation sites excluding steroid dienone is 1. The molecule has 2 amide bonds. The van der Waals surface area contributed by atoms with Gasteiger partial charge in [-0.1, -0.05) is 0 Å². The molecule has 2 aromatic carbocycles. The van der Waals surface area contributed by atoms with Gasteiger partial charge >= 0.3 is 163 Å². The first-order valence-electron chi connectivity index (χ1n) is 8.40. The molecule has 0 saturated carbocycles. The molecule has 126 valence electrons. The summed E-state index contributed by atoms with van der Waals surface area (Å²) in [6.45, 7) is 0. The number of carbonyl (C=O) groups is 2. The Kier molecular flexibility index (Phi) is 3.79. The van der Waals surface area contributed by atoms with Crippen molar-refractivity contribution >= 4 is 57.1 Å². The van der Waals surface area contributed by atoms with Crippen molar-refractivity contribution in [3.63, 3.8) is 0 Å². The Labute approximate surface area is 162 Å². The Morgan fingerprint density at radius 2 is 1.96 bits per heavy atom. The molecule has 0 unspecified atom stereocenters. The second-order valence-corrected chi connectivity index (χ2v) is 15.5. The maximum absolute atomic E-state index is 12.3. The van der Waals surface area contributed by atoms with Gasteiger partial charge in [0.15, 0.2) is 0 Å². The fourth-order valence-corrected chi connectivity index (χ4v) is 16.6. The molecule has 26 heavy (non-hydrogen) atoms. The Bertz CT molecular complexity index is 1060. The van der Waals surface area contributed by atoms with Gasteiger partial charge in [-0.15, -0.1) is 0 Å². The van der Waals surface area contributed by atoms with Crippen LogP contribution in [0.1, 0.15) is 16.7 Å². The van der Waals surface area contributed by atoms with Crippen LogP contribution in [0, 0.1) is 0 Å². The van der Waals surface area contributed by atoms with Crippen LogP contribution in [0.5, 0.6) is 5.75 Å². The number of benzene rings is 2. The molecule has 0 spiro atoms. The van der Waals surface area contributed by atoms with Gasteiger partial charge < -0.3 is 0 Å². The first-order chi connectivity index (χ1) is 12.7. The van der Waals surface area contributed by atoms with Crippen molar-refractivity contribution in [2.24, 2.45) is 0 Å². The standard InChI is InChI=1S/C20H14NO3S.In/c1-24-17-12-5-4-8-15(17)11-6-10-14-7-2-3-9-16(14)13-18-19(22)21-20(23)25-18;/h2-5,8-10,12H,11H2,1H3,(H,21,22,23);. The zero-order chi connectivity index (χ0) is 17.8. The molecule has 1 N–H and O–H groups in total. The Balaban J connectivity index is 1.61. The summed E-state index contributed by atoms with van der Waals surface area (Å²) in [5.74, 6) is 0.663. The van der Waals surface area contributed by atoms with Crippen molar-refractivity contribution in [2.45, 2.75) is 6.42 Å². The second kappa shape index (κ2) is 6.06. The van der Waals surface area contributed by atoms with E-state index in [1.54, 1.807) is 7.11 Å². The van der Waals surface area contributed by atoms with E-state index in [0.29, 0.717) is 4.91 Å². The van der Waals surface area contributed by atoms with E-state index in [1.807, 2.05) is 18.2 Å². The quantitative estimate of drug-likeness (QED) is 0.712. The first-order valence-corrected chi connectivity index (χ1v) is 14.2. The fraction of sp³-hybridized carbons (Fsp3) is 0.100. The van der Waals surface area contributed by atoms with Crippen LogP contribution >= 0.6 is 11.8 Å². The third-order valence-electron chi connectivity index (χ3n) is 5.18. The normalized spacial score (nSPS) is 19.9. The van der Waals surface area contributed by atoms with Crippen LogP contribution in [0.15, 0.2) is 50.7 Å². The summed E-state index contributed by atoms with van der Waals surface area (Å²) in [6, 6.07) is 14.5. The Hall–Kier alpha value is -1.92. The molecule has 5 rings (SSSR count). The number of thioether (sulfide) groups is 1. The van der Waals surface area contributed by atoms with Gasteiger partial charge in [0.25, 0.3) is 0 Å². The Morgan fingerprint density at radius 1 is 1.12 bits per heavy atom. The van der Waals surface area contributed by atoms with E-state index < -0.39 is 21.4 Å². The molecule has 0 aromatic heterocycles. The van der Waals surface area contributed by atoms with E-state index in [4.69, 9.17) is 4.74 Å². The van der Waals surface area contributed by atoms with Crippen LogP contribution in [0.4, 0.5) is 4.79 Å². The summed E-state index contributed by atoms with van der Waals surface area (Å²) >= 11 is -1.49. The Morgan fingerprint density at radius 3 is 2.69 bits per heavy atom. The number of nitrogens with one attached hydrogen (secondary N) is 1. The molecule has 0 atom stereocenters. The molecule has 4 bridgehead atoms. The summed E-state index contributed by atoms with van der Waals surface area (Å²) in [7, 11) is 1.69. The zero-order valence-electron chi connectivity index (χ0n) is 14.0. The molecule has 0 aliphatic carbocycles. The minimum absolute atomic E-state index is 0.233. The van der Waals surface area contributed by atoms with Crippen molar-refractivity contribution in [2.75, 3.05) is 7.11 Å². The number of ether oxygens (including phenoxy) is 1. The van der Waals surface area contributed by atoms with Crippen LogP contribution in [0.25, 0.3) is 9.41 Å². The van der Waals surface area contributed by atoms with E-state index in [0.717, 1.165) is 23.9 Å². The van der Waals surface area contributed by atoms with Crippen LogP contribution in [-0.2, 0) is 11.2 Å². The van der Waals surface area contributed by atoms with Crippen LogP contribution in [0.3, 0.4) is 0 Å². The third-order valence-corrected chi connectivity index (χ3v) is 16.4. The number of hydrogen-bond acceptors (Lipinski definition) is 4. The number of methoxy groups -OCH3 is 1. The number of rotatable bonds is 3. The number of hydrogen-bond donors (Lipinski definition) is 1. The number of imide groups is 1. The molecule has 3 aliphatic rings. The van der Waals surface area contributed by atoms with Crippen molar-refractivity contribution < 1.29 is 14.3 Å². The van der Waals surface area contributed by atoms with Crippen molar-refractivity contribution in [3.8, 4) is 5.75 Å². The van der Waals surface area contributed by atoms with Crippen molar-refractivity contribution in [1.29, 1.82) is 0 Å². The minimum atomic E-state index is -2.55. The van der Waals surface area contributed by atoms with E-state index >= 15 is 0 Å². The van der Waals surface area contributed by atoms with Gasteiger partial charge in [-0.25, -0.2) is 0 Å². The number of amides is 2. The average molecular weight is 463 g/mol. The monoisotopic (exact) mass is 463 g/mol. The predicted molar refractivity (Wildman–Crippen MR) is 105 cm³/mol. The second-order valence-electron chi connectivity index (χ2n) is 6.54. The topological polar surface area (TPSA) is 55.4 Å². The summed E-state index contributed by atoms with van der Waals surface area (Å²) in [5, 5.41) is 2.16. The number of para-hydroxylation sites is 1. The summed E-state index contributed by atoms with van der Waals surface area (Å²) in [6.07, 6.45) is 3.16. The molecule has 6 heteroatoms. The molecular formula is C20H14InNO3S. The van der Waals surface area contributed by atoms with Gasteiger partial charge in [-0.2, -0.15) is 0 Å². The maximum atomic E-state index is 12.3. The molecule has 2 aromatic rings. The van der Waals surface area contributed by atoms with Crippen LogP contribution in [-0.4, -0.2) is 39.7 Å². The summed E-state index contributed by atoms with van der Waals surface area (Å²) in [4.78, 5) is 24.7. The van der Waals surface area contributed by atoms with E-state index in [9.17, 15) is 9.59 Å². The molecule has 3 heterocycles. The summed E-state index contributed by atoms with van der Waals surface area (Å²) in [5.41, 5.74) is 3.61. The fourth-order valence-electron chi connectivity index (χ4n) is 4.16. The van der Waals surface area contributed by atoms with Crippen LogP contribution < -0.4 is 13.4 Å².